The van der Waals surface area contributed by atoms with Crippen molar-refractivity contribution in [3.63, 3.8) is 0 Å². The van der Waals surface area contributed by atoms with Gasteiger partial charge < -0.3 is 4.74 Å². The number of rotatable bonds is 31. The van der Waals surface area contributed by atoms with Crippen molar-refractivity contribution in [2.24, 2.45) is 0 Å². The maximum Gasteiger partial charge on any atom is 0.320 e. The van der Waals surface area contributed by atoms with Crippen LogP contribution in [0.3, 0.4) is 0 Å². The Bertz CT molecular complexity index is 732. The van der Waals surface area contributed by atoms with Crippen molar-refractivity contribution >= 4 is 5.97 Å². The van der Waals surface area contributed by atoms with Crippen LogP contribution >= 0.6 is 0 Å². The van der Waals surface area contributed by atoms with Crippen molar-refractivity contribution in [1.29, 1.82) is 0 Å². The lowest BCUT2D eigenvalue weighted by Crippen LogP contribution is -2.27. The third-order valence-corrected chi connectivity index (χ3v) is 7.60. The molecule has 0 fully saturated rings. The van der Waals surface area contributed by atoms with Crippen LogP contribution in [-0.2, 0) is 9.53 Å². The van der Waals surface area contributed by atoms with Gasteiger partial charge in [0.25, 0.3) is 0 Å². The van der Waals surface area contributed by atoms with Gasteiger partial charge >= 0.3 is 5.97 Å². The molecule has 0 aliphatic carbocycles. The monoisotopic (exact) mass is 610 g/mol. The van der Waals surface area contributed by atoms with Gasteiger partial charge in [-0.25, -0.2) is 0 Å². The molecule has 44 heavy (non-hydrogen) atoms. The number of allylic oxidation sites excluding steroid dienone is 12. The molecular formula is C41H71NO2. The van der Waals surface area contributed by atoms with E-state index in [1.807, 2.05) is 19.0 Å². The summed E-state index contributed by atoms with van der Waals surface area (Å²) in [5.74, 6) is -0.0752. The van der Waals surface area contributed by atoms with Crippen LogP contribution in [0.1, 0.15) is 155 Å². The van der Waals surface area contributed by atoms with Crippen molar-refractivity contribution in [3.8, 4) is 0 Å². The highest BCUT2D eigenvalue weighted by molar-refractivity contribution is 5.71. The highest BCUT2D eigenvalue weighted by Gasteiger charge is 2.14. The van der Waals surface area contributed by atoms with Gasteiger partial charge in [0.05, 0.1) is 6.54 Å². The number of carbonyl (C=O) groups is 1. The van der Waals surface area contributed by atoms with E-state index in [2.05, 4.69) is 86.8 Å². The zero-order chi connectivity index (χ0) is 32.2. The summed E-state index contributed by atoms with van der Waals surface area (Å²) in [4.78, 5) is 14.2. The van der Waals surface area contributed by atoms with Crippen molar-refractivity contribution in [2.45, 2.75) is 161 Å². The summed E-state index contributed by atoms with van der Waals surface area (Å²) < 4.78 is 5.90. The Morgan fingerprint density at radius 1 is 0.500 bits per heavy atom. The minimum Gasteiger partial charge on any atom is -0.461 e. The molecule has 3 nitrogen and oxygen atoms in total. The first-order chi connectivity index (χ1) is 21.6. The summed E-state index contributed by atoms with van der Waals surface area (Å²) in [6.07, 6.45) is 53.4. The molecule has 0 aromatic heterocycles. The lowest BCUT2D eigenvalue weighted by molar-refractivity contribution is -0.150. The Balaban J connectivity index is 3.93. The highest BCUT2D eigenvalue weighted by Crippen LogP contribution is 2.18. The van der Waals surface area contributed by atoms with Crippen LogP contribution in [0.15, 0.2) is 72.9 Å². The average Bonchev–Trinajstić information content (AvgIpc) is 3.00. The van der Waals surface area contributed by atoms with Gasteiger partial charge in [-0.05, 0) is 104 Å². The van der Waals surface area contributed by atoms with Crippen LogP contribution in [-0.4, -0.2) is 37.6 Å². The van der Waals surface area contributed by atoms with Gasteiger partial charge in [-0.3, -0.25) is 9.69 Å². The summed E-state index contributed by atoms with van der Waals surface area (Å²) in [5.41, 5.74) is 0. The molecule has 252 valence electrons. The Labute approximate surface area is 274 Å². The van der Waals surface area contributed by atoms with Crippen LogP contribution in [0.2, 0.25) is 0 Å². The van der Waals surface area contributed by atoms with Crippen molar-refractivity contribution in [2.75, 3.05) is 20.6 Å². The molecule has 0 aromatic rings. The Morgan fingerprint density at radius 2 is 0.841 bits per heavy atom. The van der Waals surface area contributed by atoms with E-state index in [1.165, 1.54) is 89.9 Å². The van der Waals surface area contributed by atoms with E-state index in [0.29, 0.717) is 6.54 Å². The predicted molar refractivity (Wildman–Crippen MR) is 196 cm³/mol. The molecule has 0 unspecified atom stereocenters. The summed E-state index contributed by atoms with van der Waals surface area (Å²) in [6.45, 7) is 4.72. The molecule has 0 spiro atoms. The molecule has 0 aliphatic heterocycles. The molecule has 0 bridgehead atoms. The predicted octanol–water partition coefficient (Wildman–Crippen LogP) is 12.4. The molecule has 0 heterocycles. The fraction of sp³-hybridized carbons (Fsp3) is 0.683. The smallest absolute Gasteiger partial charge is 0.320 e. The molecule has 3 heteroatoms. The van der Waals surface area contributed by atoms with Crippen LogP contribution in [0, 0.1) is 0 Å². The van der Waals surface area contributed by atoms with E-state index in [9.17, 15) is 4.79 Å². The fourth-order valence-corrected chi connectivity index (χ4v) is 5.08. The van der Waals surface area contributed by atoms with Gasteiger partial charge in [-0.1, -0.05) is 138 Å². The fourth-order valence-electron chi connectivity index (χ4n) is 5.08. The van der Waals surface area contributed by atoms with Crippen LogP contribution < -0.4 is 0 Å². The highest BCUT2D eigenvalue weighted by atomic mass is 16.5. The number of hydrogen-bond acceptors (Lipinski definition) is 3. The first-order valence-electron chi connectivity index (χ1n) is 18.3. The van der Waals surface area contributed by atoms with Gasteiger partial charge in [0.2, 0.25) is 0 Å². The van der Waals surface area contributed by atoms with Crippen molar-refractivity contribution in [3.05, 3.63) is 72.9 Å². The van der Waals surface area contributed by atoms with E-state index in [-0.39, 0.29) is 12.1 Å². The summed E-state index contributed by atoms with van der Waals surface area (Å²) in [6, 6.07) is 0. The number of ether oxygens (including phenoxy) is 1. The average molecular weight is 610 g/mol. The Hall–Kier alpha value is -2.13. The molecule has 0 amide bonds. The third-order valence-electron chi connectivity index (χ3n) is 7.60. The topological polar surface area (TPSA) is 29.5 Å². The molecule has 0 radical (unpaired) electrons. The van der Waals surface area contributed by atoms with Gasteiger partial charge in [-0.15, -0.1) is 0 Å². The van der Waals surface area contributed by atoms with E-state index in [0.717, 1.165) is 51.4 Å². The second kappa shape index (κ2) is 35.4. The minimum absolute atomic E-state index is 0.0752. The van der Waals surface area contributed by atoms with Crippen LogP contribution in [0.25, 0.3) is 0 Å². The second-order valence-electron chi connectivity index (χ2n) is 12.3. The van der Waals surface area contributed by atoms with Gasteiger partial charge in [0, 0.05) is 0 Å². The lowest BCUT2D eigenvalue weighted by atomic mass is 10.0. The Morgan fingerprint density at radius 3 is 1.23 bits per heavy atom. The van der Waals surface area contributed by atoms with E-state index in [4.69, 9.17) is 4.74 Å². The number of nitrogens with zero attached hydrogens (tertiary/aromatic N) is 1. The van der Waals surface area contributed by atoms with Gasteiger partial charge in [-0.2, -0.15) is 0 Å². The molecule has 0 atom stereocenters. The maximum atomic E-state index is 12.3. The normalized spacial score (nSPS) is 12.8. The van der Waals surface area contributed by atoms with Crippen LogP contribution in [0.5, 0.6) is 0 Å². The maximum absolute atomic E-state index is 12.3. The number of carbonyl (C=O) groups excluding carboxylic acids is 1. The summed E-state index contributed by atoms with van der Waals surface area (Å²) in [7, 11) is 3.85. The van der Waals surface area contributed by atoms with E-state index >= 15 is 0 Å². The SMILES string of the molecule is CC/C=C\C/C=C\C/C=C\CCCCCCCCC(CCCCCCCC/C=C\C/C=C\C/C=C\CC)OC(=O)CN(C)C. The molecule has 0 rings (SSSR count). The van der Waals surface area contributed by atoms with Crippen molar-refractivity contribution in [1.82, 2.24) is 4.90 Å². The molecule has 0 aromatic carbocycles. The molecule has 0 N–H and O–H groups in total. The minimum atomic E-state index is -0.0752. The number of unbranched alkanes of at least 4 members (excludes halogenated alkanes) is 12. The largest absolute Gasteiger partial charge is 0.461 e. The second-order valence-corrected chi connectivity index (χ2v) is 12.3. The lowest BCUT2D eigenvalue weighted by Gasteiger charge is -2.19. The zero-order valence-corrected chi connectivity index (χ0v) is 29.5. The standard InChI is InChI=1S/C41H71NO2/c1-5-7-9-11-13-15-17-19-21-23-25-27-29-31-33-35-37-40(44-41(43)39-42(3)4)38-36-34-32-30-28-26-24-22-20-18-16-14-12-10-8-6-2/h7-10,13-16,19-22,40H,5-6,11-12,17-18,23-39H2,1-4H3/b9-7-,10-8-,15-13-,16-14-,21-19-,22-20-. The quantitative estimate of drug-likeness (QED) is 0.0445. The Kier molecular flexibility index (Phi) is 33.6. The molecule has 0 saturated carbocycles. The third kappa shape index (κ3) is 34.4. The summed E-state index contributed by atoms with van der Waals surface area (Å²) in [5, 5.41) is 0. The number of likely N-dealkylation sites (N-methyl/N-ethyl adjacent to an activating group) is 1. The van der Waals surface area contributed by atoms with Gasteiger partial charge in [0.15, 0.2) is 0 Å². The first-order valence-corrected chi connectivity index (χ1v) is 18.3. The summed E-state index contributed by atoms with van der Waals surface area (Å²) >= 11 is 0. The van der Waals surface area contributed by atoms with Crippen molar-refractivity contribution < 1.29 is 9.53 Å². The zero-order valence-electron chi connectivity index (χ0n) is 29.5. The van der Waals surface area contributed by atoms with Gasteiger partial charge in [0.1, 0.15) is 6.10 Å². The molecule has 0 saturated heterocycles. The number of hydrogen-bond donors (Lipinski definition) is 0. The van der Waals surface area contributed by atoms with Crippen LogP contribution in [0.4, 0.5) is 0 Å². The molecule has 0 aliphatic rings. The van der Waals surface area contributed by atoms with E-state index < -0.39 is 0 Å². The first kappa shape index (κ1) is 41.9. The van der Waals surface area contributed by atoms with E-state index in [1.54, 1.807) is 0 Å². The number of esters is 1. The molecular weight excluding hydrogens is 538 g/mol.